The standard InChI is InChI=1S/C28H27F4N3O3/c1-16-11-24(34-9-6-10-34)33-22(25(16)21-7-4-5-8-23(21)37-3)15-35-17(2)26(38-27(35)36)18-12-19(28(30,31)32)14-20(29)13-18/h4-5,7-8,11-14,17,26H,6,9-10,15H2,1-3H3. The van der Waals surface area contributed by atoms with Gasteiger partial charge in [-0.2, -0.15) is 13.2 Å². The van der Waals surface area contributed by atoms with Crippen LogP contribution in [0.2, 0.25) is 0 Å². The number of amides is 1. The van der Waals surface area contributed by atoms with E-state index in [-0.39, 0.29) is 12.1 Å². The summed E-state index contributed by atoms with van der Waals surface area (Å²) >= 11 is 0. The van der Waals surface area contributed by atoms with Gasteiger partial charge in [-0.25, -0.2) is 14.2 Å². The van der Waals surface area contributed by atoms with Gasteiger partial charge in [0.15, 0.2) is 0 Å². The summed E-state index contributed by atoms with van der Waals surface area (Å²) in [6, 6.07) is 11.1. The van der Waals surface area contributed by atoms with Gasteiger partial charge in [0.05, 0.1) is 31.0 Å². The van der Waals surface area contributed by atoms with Crippen LogP contribution < -0.4 is 9.64 Å². The summed E-state index contributed by atoms with van der Waals surface area (Å²) in [5.74, 6) is 0.387. The molecule has 1 amide bonds. The van der Waals surface area contributed by atoms with Gasteiger partial charge in [-0.05, 0) is 61.7 Å². The van der Waals surface area contributed by atoms with Crippen LogP contribution in [0.25, 0.3) is 11.1 Å². The zero-order valence-corrected chi connectivity index (χ0v) is 21.2. The molecule has 2 aromatic carbocycles. The number of pyridine rings is 1. The summed E-state index contributed by atoms with van der Waals surface area (Å²) in [6.45, 7) is 5.45. The van der Waals surface area contributed by atoms with E-state index in [0.29, 0.717) is 17.5 Å². The molecule has 3 aromatic rings. The van der Waals surface area contributed by atoms with Crippen LogP contribution >= 0.6 is 0 Å². The first-order chi connectivity index (χ1) is 18.1. The molecule has 0 spiro atoms. The number of alkyl halides is 3. The lowest BCUT2D eigenvalue weighted by Crippen LogP contribution is -2.38. The molecular formula is C28H27F4N3O3. The molecule has 200 valence electrons. The molecule has 1 aromatic heterocycles. The summed E-state index contributed by atoms with van der Waals surface area (Å²) in [7, 11) is 1.58. The first kappa shape index (κ1) is 25.8. The lowest BCUT2D eigenvalue weighted by Gasteiger charge is -2.33. The predicted molar refractivity (Wildman–Crippen MR) is 133 cm³/mol. The molecule has 6 nitrogen and oxygen atoms in total. The quantitative estimate of drug-likeness (QED) is 0.341. The van der Waals surface area contributed by atoms with Crippen molar-refractivity contribution in [3.05, 3.63) is 76.7 Å². The second kappa shape index (κ2) is 9.81. The number of halogens is 4. The van der Waals surface area contributed by atoms with Crippen molar-refractivity contribution in [2.24, 2.45) is 0 Å². The number of hydrogen-bond donors (Lipinski definition) is 0. The van der Waals surface area contributed by atoms with E-state index in [4.69, 9.17) is 14.5 Å². The van der Waals surface area contributed by atoms with E-state index in [1.165, 1.54) is 4.90 Å². The van der Waals surface area contributed by atoms with Crippen LogP contribution in [0, 0.1) is 12.7 Å². The van der Waals surface area contributed by atoms with E-state index in [0.717, 1.165) is 54.2 Å². The predicted octanol–water partition coefficient (Wildman–Crippen LogP) is 6.52. The minimum atomic E-state index is -4.73. The lowest BCUT2D eigenvalue weighted by atomic mass is 9.96. The van der Waals surface area contributed by atoms with E-state index in [2.05, 4.69) is 4.90 Å². The third-order valence-corrected chi connectivity index (χ3v) is 7.12. The third kappa shape index (κ3) is 4.75. The molecule has 38 heavy (non-hydrogen) atoms. The molecule has 2 unspecified atom stereocenters. The summed E-state index contributed by atoms with van der Waals surface area (Å²) in [5.41, 5.74) is 1.98. The van der Waals surface area contributed by atoms with Gasteiger partial charge in [0.1, 0.15) is 23.5 Å². The summed E-state index contributed by atoms with van der Waals surface area (Å²) in [5, 5.41) is 0. The highest BCUT2D eigenvalue weighted by atomic mass is 19.4. The second-order valence-corrected chi connectivity index (χ2v) is 9.60. The Kier molecular flexibility index (Phi) is 6.66. The number of aromatic nitrogens is 1. The van der Waals surface area contributed by atoms with Crippen LogP contribution in [0.15, 0.2) is 48.5 Å². The Morgan fingerprint density at radius 3 is 2.53 bits per heavy atom. The van der Waals surface area contributed by atoms with Crippen LogP contribution in [0.4, 0.5) is 28.2 Å². The molecule has 3 heterocycles. The molecule has 5 rings (SSSR count). The van der Waals surface area contributed by atoms with E-state index in [1.54, 1.807) is 14.0 Å². The summed E-state index contributed by atoms with van der Waals surface area (Å²) in [4.78, 5) is 21.5. The first-order valence-electron chi connectivity index (χ1n) is 12.3. The SMILES string of the molecule is COc1ccccc1-c1c(C)cc(N2CCC2)nc1CN1C(=O)OC(c2cc(F)cc(C(F)(F)F)c2)C1C. The number of benzene rings is 2. The fourth-order valence-corrected chi connectivity index (χ4v) is 5.02. The van der Waals surface area contributed by atoms with Gasteiger partial charge in [0.2, 0.25) is 0 Å². The average Bonchev–Trinajstić information content (AvgIpc) is 3.10. The molecule has 0 N–H and O–H groups in total. The fourth-order valence-electron chi connectivity index (χ4n) is 5.02. The van der Waals surface area contributed by atoms with Gasteiger partial charge in [0, 0.05) is 24.2 Å². The smallest absolute Gasteiger partial charge is 0.416 e. The lowest BCUT2D eigenvalue weighted by molar-refractivity contribution is -0.137. The van der Waals surface area contributed by atoms with Crippen LogP contribution in [-0.2, 0) is 17.5 Å². The number of methoxy groups -OCH3 is 1. The molecule has 0 radical (unpaired) electrons. The third-order valence-electron chi connectivity index (χ3n) is 7.12. The number of cyclic esters (lactones) is 1. The Morgan fingerprint density at radius 2 is 1.87 bits per heavy atom. The van der Waals surface area contributed by atoms with E-state index < -0.39 is 35.8 Å². The van der Waals surface area contributed by atoms with Crippen molar-refractivity contribution in [3.8, 4) is 16.9 Å². The number of nitrogens with zero attached hydrogens (tertiary/aromatic N) is 3. The van der Waals surface area contributed by atoms with Gasteiger partial charge >= 0.3 is 12.3 Å². The van der Waals surface area contributed by atoms with E-state index in [9.17, 15) is 22.4 Å². The molecule has 2 aliphatic heterocycles. The van der Waals surface area contributed by atoms with Crippen LogP contribution in [0.3, 0.4) is 0 Å². The average molecular weight is 530 g/mol. The normalized spacial score (nSPS) is 19.4. The highest BCUT2D eigenvalue weighted by Gasteiger charge is 2.42. The summed E-state index contributed by atoms with van der Waals surface area (Å²) in [6.07, 6.45) is -5.45. The van der Waals surface area contributed by atoms with Crippen molar-refractivity contribution in [2.75, 3.05) is 25.1 Å². The molecule has 10 heteroatoms. The molecule has 0 bridgehead atoms. The number of anilines is 1. The highest BCUT2D eigenvalue weighted by Crippen LogP contribution is 2.40. The number of aryl methyl sites for hydroxylation is 1. The maximum atomic E-state index is 14.1. The van der Waals surface area contributed by atoms with Crippen molar-refractivity contribution in [3.63, 3.8) is 0 Å². The van der Waals surface area contributed by atoms with Crippen LogP contribution in [-0.4, -0.2) is 42.2 Å². The van der Waals surface area contributed by atoms with Gasteiger partial charge in [-0.3, -0.25) is 4.90 Å². The Hall–Kier alpha value is -3.82. The Bertz CT molecular complexity index is 1370. The number of carbonyl (C=O) groups excluding carboxylic acids is 1. The minimum absolute atomic E-state index is 0.0494. The molecular weight excluding hydrogens is 502 g/mol. The molecule has 2 aliphatic rings. The van der Waals surface area contributed by atoms with E-state index >= 15 is 0 Å². The van der Waals surface area contributed by atoms with Gasteiger partial charge in [0.25, 0.3) is 0 Å². The Balaban J connectivity index is 1.53. The molecule has 2 atom stereocenters. The topological polar surface area (TPSA) is 54.9 Å². The molecule has 0 saturated carbocycles. The number of para-hydroxylation sites is 1. The van der Waals surface area contributed by atoms with Crippen LogP contribution in [0.1, 0.15) is 41.8 Å². The summed E-state index contributed by atoms with van der Waals surface area (Å²) < 4.78 is 65.1. The number of hydrogen-bond acceptors (Lipinski definition) is 5. The van der Waals surface area contributed by atoms with Crippen molar-refractivity contribution in [2.45, 2.75) is 45.1 Å². The molecule has 2 fully saturated rings. The molecule has 2 saturated heterocycles. The zero-order chi connectivity index (χ0) is 27.2. The number of ether oxygens (including phenoxy) is 2. The fraction of sp³-hybridized carbons (Fsp3) is 0.357. The Morgan fingerprint density at radius 1 is 1.13 bits per heavy atom. The highest BCUT2D eigenvalue weighted by molar-refractivity contribution is 5.78. The number of carbonyl (C=O) groups is 1. The molecule has 0 aliphatic carbocycles. The van der Waals surface area contributed by atoms with Crippen molar-refractivity contribution < 1.29 is 31.8 Å². The monoisotopic (exact) mass is 529 g/mol. The van der Waals surface area contributed by atoms with Crippen LogP contribution in [0.5, 0.6) is 5.75 Å². The second-order valence-electron chi connectivity index (χ2n) is 9.60. The minimum Gasteiger partial charge on any atom is -0.496 e. The van der Waals surface area contributed by atoms with Gasteiger partial charge in [-0.15, -0.1) is 0 Å². The Labute approximate surface area is 217 Å². The first-order valence-corrected chi connectivity index (χ1v) is 12.3. The largest absolute Gasteiger partial charge is 0.496 e. The van der Waals surface area contributed by atoms with E-state index in [1.807, 2.05) is 37.3 Å². The zero-order valence-electron chi connectivity index (χ0n) is 21.2. The van der Waals surface area contributed by atoms with Crippen molar-refractivity contribution in [1.82, 2.24) is 9.88 Å². The van der Waals surface area contributed by atoms with Gasteiger partial charge < -0.3 is 14.4 Å². The van der Waals surface area contributed by atoms with Crippen molar-refractivity contribution in [1.29, 1.82) is 0 Å². The number of rotatable bonds is 6. The van der Waals surface area contributed by atoms with Gasteiger partial charge in [-0.1, -0.05) is 18.2 Å². The maximum Gasteiger partial charge on any atom is 0.416 e. The van der Waals surface area contributed by atoms with Crippen molar-refractivity contribution >= 4 is 11.9 Å². The maximum absolute atomic E-state index is 14.1.